The molecule has 2 aliphatic heterocycles. The van der Waals surface area contributed by atoms with Gasteiger partial charge in [0.15, 0.2) is 0 Å². The van der Waals surface area contributed by atoms with E-state index in [1.54, 1.807) is 0 Å². The van der Waals surface area contributed by atoms with Crippen LogP contribution in [0.2, 0.25) is 0 Å². The number of piperidine rings is 1. The average Bonchev–Trinajstić information content (AvgIpc) is 2.86. The molecular formula is C22H26N2O. The first-order valence-corrected chi connectivity index (χ1v) is 9.36. The van der Waals surface area contributed by atoms with Gasteiger partial charge in [0.2, 0.25) is 5.91 Å². The molecule has 130 valence electrons. The molecule has 0 aromatic heterocycles. The van der Waals surface area contributed by atoms with E-state index >= 15 is 0 Å². The third kappa shape index (κ3) is 2.98. The van der Waals surface area contributed by atoms with E-state index in [4.69, 9.17) is 0 Å². The summed E-state index contributed by atoms with van der Waals surface area (Å²) in [4.78, 5) is 17.9. The molecule has 0 radical (unpaired) electrons. The van der Waals surface area contributed by atoms with Crippen molar-refractivity contribution in [2.75, 3.05) is 24.5 Å². The van der Waals surface area contributed by atoms with Gasteiger partial charge in [0.25, 0.3) is 0 Å². The zero-order chi connectivity index (χ0) is 17.3. The number of anilines is 1. The van der Waals surface area contributed by atoms with Crippen molar-refractivity contribution in [2.45, 2.75) is 38.1 Å². The quantitative estimate of drug-likeness (QED) is 0.844. The summed E-state index contributed by atoms with van der Waals surface area (Å²) in [6.07, 6.45) is 3.82. The SMILES string of the molecule is CC1(CN2CCCCC2)C(=O)N(Cc2ccccc2)c2ccccc21. The summed E-state index contributed by atoms with van der Waals surface area (Å²) in [6, 6.07) is 18.6. The molecule has 0 saturated carbocycles. The van der Waals surface area contributed by atoms with Gasteiger partial charge >= 0.3 is 0 Å². The van der Waals surface area contributed by atoms with Crippen molar-refractivity contribution < 1.29 is 4.79 Å². The van der Waals surface area contributed by atoms with Crippen LogP contribution in [0.25, 0.3) is 0 Å². The van der Waals surface area contributed by atoms with Gasteiger partial charge in [-0.3, -0.25) is 4.79 Å². The molecule has 2 heterocycles. The van der Waals surface area contributed by atoms with Crippen LogP contribution in [0.5, 0.6) is 0 Å². The second-order valence-corrected chi connectivity index (χ2v) is 7.56. The van der Waals surface area contributed by atoms with E-state index in [1.165, 1.54) is 30.4 Å². The van der Waals surface area contributed by atoms with Crippen molar-refractivity contribution in [3.05, 3.63) is 65.7 Å². The maximum Gasteiger partial charge on any atom is 0.239 e. The maximum atomic E-state index is 13.5. The fourth-order valence-corrected chi connectivity index (χ4v) is 4.34. The predicted octanol–water partition coefficient (Wildman–Crippen LogP) is 3.98. The second kappa shape index (κ2) is 6.64. The van der Waals surface area contributed by atoms with Gasteiger partial charge in [0, 0.05) is 12.2 Å². The first kappa shape index (κ1) is 16.3. The minimum Gasteiger partial charge on any atom is -0.307 e. The average molecular weight is 334 g/mol. The van der Waals surface area contributed by atoms with Crippen molar-refractivity contribution in [3.8, 4) is 0 Å². The normalized spacial score (nSPS) is 23.7. The molecule has 4 rings (SSSR count). The minimum absolute atomic E-state index is 0.239. The molecule has 2 aromatic rings. The van der Waals surface area contributed by atoms with Crippen LogP contribution in [0.15, 0.2) is 54.6 Å². The van der Waals surface area contributed by atoms with E-state index in [1.807, 2.05) is 29.2 Å². The maximum absolute atomic E-state index is 13.5. The molecule has 1 amide bonds. The van der Waals surface area contributed by atoms with Gasteiger partial charge in [-0.15, -0.1) is 0 Å². The fraction of sp³-hybridized carbons (Fsp3) is 0.409. The van der Waals surface area contributed by atoms with Crippen molar-refractivity contribution in [2.24, 2.45) is 0 Å². The zero-order valence-electron chi connectivity index (χ0n) is 14.9. The first-order chi connectivity index (χ1) is 12.2. The Bertz CT molecular complexity index is 752. The number of hydrogen-bond acceptors (Lipinski definition) is 2. The highest BCUT2D eigenvalue weighted by Crippen LogP contribution is 2.43. The number of amides is 1. The molecule has 3 heteroatoms. The van der Waals surface area contributed by atoms with Gasteiger partial charge in [0.1, 0.15) is 0 Å². The summed E-state index contributed by atoms with van der Waals surface area (Å²) in [5.74, 6) is 0.239. The van der Waals surface area contributed by atoms with Crippen molar-refractivity contribution in [1.82, 2.24) is 4.90 Å². The van der Waals surface area contributed by atoms with Gasteiger partial charge in [-0.1, -0.05) is 55.0 Å². The van der Waals surface area contributed by atoms with Gasteiger partial charge in [-0.25, -0.2) is 0 Å². The van der Waals surface area contributed by atoms with Gasteiger partial charge in [-0.05, 0) is 50.0 Å². The summed E-state index contributed by atoms with van der Waals surface area (Å²) in [7, 11) is 0. The Morgan fingerprint density at radius 1 is 0.920 bits per heavy atom. The molecule has 3 nitrogen and oxygen atoms in total. The lowest BCUT2D eigenvalue weighted by atomic mass is 9.82. The highest BCUT2D eigenvalue weighted by Gasteiger charge is 2.47. The van der Waals surface area contributed by atoms with E-state index in [0.29, 0.717) is 6.54 Å². The number of rotatable bonds is 4. The Hall–Kier alpha value is -2.13. The number of carbonyl (C=O) groups excluding carboxylic acids is 1. The Labute approximate surface area is 150 Å². The number of hydrogen-bond donors (Lipinski definition) is 0. The van der Waals surface area contributed by atoms with Crippen LogP contribution in [0, 0.1) is 0 Å². The van der Waals surface area contributed by atoms with Crippen LogP contribution in [0.1, 0.15) is 37.3 Å². The molecule has 1 atom stereocenters. The Balaban J connectivity index is 1.65. The largest absolute Gasteiger partial charge is 0.307 e. The van der Waals surface area contributed by atoms with Crippen LogP contribution in [-0.4, -0.2) is 30.4 Å². The summed E-state index contributed by atoms with van der Waals surface area (Å²) in [5, 5.41) is 0. The van der Waals surface area contributed by atoms with E-state index in [-0.39, 0.29) is 5.91 Å². The Kier molecular flexibility index (Phi) is 4.34. The Morgan fingerprint density at radius 2 is 1.60 bits per heavy atom. The lowest BCUT2D eigenvalue weighted by Gasteiger charge is -2.34. The summed E-state index contributed by atoms with van der Waals surface area (Å²) >= 11 is 0. The lowest BCUT2D eigenvalue weighted by Crippen LogP contribution is -2.47. The highest BCUT2D eigenvalue weighted by molar-refractivity contribution is 6.08. The summed E-state index contributed by atoms with van der Waals surface area (Å²) in [6.45, 7) is 5.83. The molecule has 0 spiro atoms. The van der Waals surface area contributed by atoms with Crippen molar-refractivity contribution in [1.29, 1.82) is 0 Å². The monoisotopic (exact) mass is 334 g/mol. The third-order valence-corrected chi connectivity index (χ3v) is 5.68. The highest BCUT2D eigenvalue weighted by atomic mass is 16.2. The van der Waals surface area contributed by atoms with Gasteiger partial charge in [0.05, 0.1) is 12.0 Å². The van der Waals surface area contributed by atoms with Crippen molar-refractivity contribution in [3.63, 3.8) is 0 Å². The van der Waals surface area contributed by atoms with E-state index in [9.17, 15) is 4.79 Å². The molecule has 0 aliphatic carbocycles. The number of likely N-dealkylation sites (tertiary alicyclic amines) is 1. The standard InChI is InChI=1S/C22H26N2O/c1-22(17-23-14-8-3-9-15-23)19-12-6-7-13-20(19)24(21(22)25)16-18-10-4-2-5-11-18/h2,4-7,10-13H,3,8-9,14-17H2,1H3. The van der Waals surface area contributed by atoms with Crippen LogP contribution < -0.4 is 4.90 Å². The Morgan fingerprint density at radius 3 is 2.36 bits per heavy atom. The fourth-order valence-electron chi connectivity index (χ4n) is 4.34. The van der Waals surface area contributed by atoms with Gasteiger partial charge < -0.3 is 9.80 Å². The van der Waals surface area contributed by atoms with Crippen LogP contribution in [0.3, 0.4) is 0 Å². The number of carbonyl (C=O) groups is 1. The summed E-state index contributed by atoms with van der Waals surface area (Å²) < 4.78 is 0. The zero-order valence-corrected chi connectivity index (χ0v) is 14.9. The molecule has 1 fully saturated rings. The number of fused-ring (bicyclic) bond motifs is 1. The summed E-state index contributed by atoms with van der Waals surface area (Å²) in [5.41, 5.74) is 2.99. The van der Waals surface area contributed by atoms with Crippen LogP contribution in [0.4, 0.5) is 5.69 Å². The van der Waals surface area contributed by atoms with Crippen LogP contribution in [-0.2, 0) is 16.8 Å². The molecular weight excluding hydrogens is 308 g/mol. The molecule has 1 unspecified atom stereocenters. The molecule has 0 N–H and O–H groups in total. The van der Waals surface area contributed by atoms with Gasteiger partial charge in [-0.2, -0.15) is 0 Å². The van der Waals surface area contributed by atoms with Crippen molar-refractivity contribution >= 4 is 11.6 Å². The predicted molar refractivity (Wildman–Crippen MR) is 102 cm³/mol. The third-order valence-electron chi connectivity index (χ3n) is 5.68. The van der Waals surface area contributed by atoms with E-state index < -0.39 is 5.41 Å². The molecule has 1 saturated heterocycles. The number of para-hydroxylation sites is 1. The van der Waals surface area contributed by atoms with E-state index in [0.717, 1.165) is 25.3 Å². The lowest BCUT2D eigenvalue weighted by molar-refractivity contribution is -0.123. The number of benzene rings is 2. The first-order valence-electron chi connectivity index (χ1n) is 9.36. The molecule has 0 bridgehead atoms. The molecule has 2 aliphatic rings. The molecule has 2 aromatic carbocycles. The molecule has 25 heavy (non-hydrogen) atoms. The smallest absolute Gasteiger partial charge is 0.239 e. The van der Waals surface area contributed by atoms with Crippen LogP contribution >= 0.6 is 0 Å². The van der Waals surface area contributed by atoms with E-state index in [2.05, 4.69) is 42.2 Å². The minimum atomic E-state index is -0.442. The number of nitrogens with zero attached hydrogens (tertiary/aromatic N) is 2. The second-order valence-electron chi connectivity index (χ2n) is 7.56. The topological polar surface area (TPSA) is 23.6 Å².